The largest absolute Gasteiger partial charge is 0.326 e. The Kier molecular flexibility index (Phi) is 4.21. The van der Waals surface area contributed by atoms with E-state index in [1.165, 1.54) is 5.56 Å². The maximum Gasteiger partial charge on any atom is 0.0266 e. The number of nitrogens with two attached hydrogens (primary N) is 2. The van der Waals surface area contributed by atoms with Crippen molar-refractivity contribution in [3.05, 3.63) is 40.6 Å². The van der Waals surface area contributed by atoms with E-state index in [4.69, 9.17) is 11.5 Å². The standard InChI is InChI=1S/C12H17N3/c1-9-5-12(8-14)10(3-4-15-2)6-11(9)7-13/h3-6H,2,7-8,13-14H2,1H3/b4-3-. The van der Waals surface area contributed by atoms with Crippen molar-refractivity contribution in [2.45, 2.75) is 20.0 Å². The zero-order chi connectivity index (χ0) is 11.3. The molecule has 0 aliphatic heterocycles. The molecule has 15 heavy (non-hydrogen) atoms. The summed E-state index contributed by atoms with van der Waals surface area (Å²) in [4.78, 5) is 3.68. The molecule has 80 valence electrons. The minimum absolute atomic E-state index is 0.516. The molecule has 0 radical (unpaired) electrons. The van der Waals surface area contributed by atoms with E-state index in [9.17, 15) is 0 Å². The van der Waals surface area contributed by atoms with Gasteiger partial charge >= 0.3 is 0 Å². The monoisotopic (exact) mass is 203 g/mol. The quantitative estimate of drug-likeness (QED) is 0.730. The van der Waals surface area contributed by atoms with E-state index in [1.54, 1.807) is 6.20 Å². The van der Waals surface area contributed by atoms with E-state index >= 15 is 0 Å². The number of nitrogens with zero attached hydrogens (tertiary/aromatic N) is 1. The van der Waals surface area contributed by atoms with Crippen molar-refractivity contribution in [1.29, 1.82) is 0 Å². The molecule has 0 unspecified atom stereocenters. The molecule has 0 spiro atoms. The van der Waals surface area contributed by atoms with Gasteiger partial charge in [0.15, 0.2) is 0 Å². The molecule has 0 saturated carbocycles. The van der Waals surface area contributed by atoms with Gasteiger partial charge in [0.2, 0.25) is 0 Å². The second-order valence-corrected chi connectivity index (χ2v) is 3.38. The van der Waals surface area contributed by atoms with Crippen LogP contribution >= 0.6 is 0 Å². The van der Waals surface area contributed by atoms with Crippen LogP contribution in [0.2, 0.25) is 0 Å². The smallest absolute Gasteiger partial charge is 0.0266 e. The molecule has 3 nitrogen and oxygen atoms in total. The molecule has 1 aromatic carbocycles. The van der Waals surface area contributed by atoms with Gasteiger partial charge in [0.05, 0.1) is 0 Å². The Morgan fingerprint density at radius 1 is 1.27 bits per heavy atom. The predicted molar refractivity (Wildman–Crippen MR) is 65.5 cm³/mol. The lowest BCUT2D eigenvalue weighted by molar-refractivity contribution is 1.01. The van der Waals surface area contributed by atoms with Gasteiger partial charge in [-0.15, -0.1) is 0 Å². The molecule has 0 atom stereocenters. The van der Waals surface area contributed by atoms with E-state index in [1.807, 2.05) is 13.0 Å². The van der Waals surface area contributed by atoms with Crippen LogP contribution in [0, 0.1) is 6.92 Å². The van der Waals surface area contributed by atoms with E-state index in [-0.39, 0.29) is 0 Å². The van der Waals surface area contributed by atoms with Gasteiger partial charge in [0, 0.05) is 19.3 Å². The fourth-order valence-electron chi connectivity index (χ4n) is 1.52. The zero-order valence-electron chi connectivity index (χ0n) is 9.03. The summed E-state index contributed by atoms with van der Waals surface area (Å²) in [6.07, 6.45) is 3.55. The average molecular weight is 203 g/mol. The average Bonchev–Trinajstić information content (AvgIpc) is 2.26. The summed E-state index contributed by atoms with van der Waals surface area (Å²) in [6.45, 7) is 6.50. The Hall–Kier alpha value is -1.45. The van der Waals surface area contributed by atoms with Gasteiger partial charge in [0.25, 0.3) is 0 Å². The first-order valence-electron chi connectivity index (χ1n) is 4.87. The summed E-state index contributed by atoms with van der Waals surface area (Å²) in [5.74, 6) is 0. The molecule has 0 aliphatic rings. The summed E-state index contributed by atoms with van der Waals surface area (Å²) in [5.41, 5.74) is 15.8. The predicted octanol–water partition coefficient (Wildman–Crippen LogP) is 1.58. The third-order valence-corrected chi connectivity index (χ3v) is 2.40. The molecule has 3 heteroatoms. The maximum atomic E-state index is 5.67. The van der Waals surface area contributed by atoms with Crippen LogP contribution in [0.3, 0.4) is 0 Å². The highest BCUT2D eigenvalue weighted by Crippen LogP contribution is 2.17. The Balaban J connectivity index is 3.21. The van der Waals surface area contributed by atoms with Crippen LogP contribution < -0.4 is 11.5 Å². The van der Waals surface area contributed by atoms with Gasteiger partial charge in [-0.1, -0.05) is 6.07 Å². The van der Waals surface area contributed by atoms with E-state index in [0.29, 0.717) is 13.1 Å². The minimum Gasteiger partial charge on any atom is -0.326 e. The molecule has 0 amide bonds. The number of rotatable bonds is 4. The molecule has 0 heterocycles. The lowest BCUT2D eigenvalue weighted by Gasteiger charge is -2.09. The van der Waals surface area contributed by atoms with E-state index < -0.39 is 0 Å². The third-order valence-electron chi connectivity index (χ3n) is 2.40. The first kappa shape index (κ1) is 11.6. The van der Waals surface area contributed by atoms with Crippen LogP contribution in [-0.4, -0.2) is 6.72 Å². The number of aryl methyl sites for hydroxylation is 1. The van der Waals surface area contributed by atoms with Crippen molar-refractivity contribution in [3.8, 4) is 0 Å². The Bertz CT molecular complexity index is 381. The van der Waals surface area contributed by atoms with Gasteiger partial charge in [-0.2, -0.15) is 0 Å². The lowest BCUT2D eigenvalue weighted by Crippen LogP contribution is -2.04. The van der Waals surface area contributed by atoms with Crippen LogP contribution in [0.4, 0.5) is 0 Å². The highest BCUT2D eigenvalue weighted by Gasteiger charge is 2.03. The molecule has 0 aliphatic carbocycles. The highest BCUT2D eigenvalue weighted by molar-refractivity contribution is 5.57. The van der Waals surface area contributed by atoms with Crippen LogP contribution in [0.15, 0.2) is 23.3 Å². The molecule has 0 bridgehead atoms. The Morgan fingerprint density at radius 3 is 2.47 bits per heavy atom. The van der Waals surface area contributed by atoms with Crippen molar-refractivity contribution in [1.82, 2.24) is 0 Å². The third kappa shape index (κ3) is 2.75. The first-order valence-corrected chi connectivity index (χ1v) is 4.87. The van der Waals surface area contributed by atoms with Gasteiger partial charge in [-0.25, -0.2) is 0 Å². The fraction of sp³-hybridized carbons (Fsp3) is 0.250. The summed E-state index contributed by atoms with van der Waals surface area (Å²) in [6, 6.07) is 4.13. The van der Waals surface area contributed by atoms with Gasteiger partial charge in [0.1, 0.15) is 0 Å². The molecule has 0 fully saturated rings. The van der Waals surface area contributed by atoms with E-state index in [0.717, 1.165) is 16.7 Å². The highest BCUT2D eigenvalue weighted by atomic mass is 14.6. The summed E-state index contributed by atoms with van der Waals surface area (Å²) in [7, 11) is 0. The number of hydrogen-bond acceptors (Lipinski definition) is 3. The van der Waals surface area contributed by atoms with Crippen molar-refractivity contribution < 1.29 is 0 Å². The second kappa shape index (κ2) is 5.44. The van der Waals surface area contributed by atoms with E-state index in [2.05, 4.69) is 23.8 Å². The van der Waals surface area contributed by atoms with Crippen LogP contribution in [0.1, 0.15) is 22.3 Å². The molecule has 1 rings (SSSR count). The molecule has 0 saturated heterocycles. The molecule has 4 N–H and O–H groups in total. The van der Waals surface area contributed by atoms with Crippen LogP contribution in [0.5, 0.6) is 0 Å². The summed E-state index contributed by atoms with van der Waals surface area (Å²) < 4.78 is 0. The first-order chi connectivity index (χ1) is 7.22. The van der Waals surface area contributed by atoms with Gasteiger partial charge < -0.3 is 11.5 Å². The van der Waals surface area contributed by atoms with Crippen molar-refractivity contribution >= 4 is 12.8 Å². The SMILES string of the molecule is C=N/C=C\c1cc(CN)c(C)cc1CN. The second-order valence-electron chi connectivity index (χ2n) is 3.38. The minimum atomic E-state index is 0.516. The summed E-state index contributed by atoms with van der Waals surface area (Å²) in [5, 5.41) is 0. The lowest BCUT2D eigenvalue weighted by atomic mass is 9.99. The molecule has 1 aromatic rings. The summed E-state index contributed by atoms with van der Waals surface area (Å²) >= 11 is 0. The Morgan fingerprint density at radius 2 is 1.93 bits per heavy atom. The molecule has 0 aromatic heterocycles. The van der Waals surface area contributed by atoms with Crippen molar-refractivity contribution in [2.75, 3.05) is 0 Å². The normalized spacial score (nSPS) is 10.9. The number of hydrogen-bond donors (Lipinski definition) is 2. The fourth-order valence-corrected chi connectivity index (χ4v) is 1.52. The number of benzene rings is 1. The van der Waals surface area contributed by atoms with Gasteiger partial charge in [-0.3, -0.25) is 4.99 Å². The van der Waals surface area contributed by atoms with Gasteiger partial charge in [-0.05, 0) is 48.0 Å². The number of aliphatic imine (C=N–C) groups is 1. The van der Waals surface area contributed by atoms with Crippen molar-refractivity contribution in [2.24, 2.45) is 16.5 Å². The molecular formula is C12H17N3. The van der Waals surface area contributed by atoms with Crippen molar-refractivity contribution in [3.63, 3.8) is 0 Å². The van der Waals surface area contributed by atoms with Crippen LogP contribution in [-0.2, 0) is 13.1 Å². The Labute approximate surface area is 90.5 Å². The zero-order valence-corrected chi connectivity index (χ0v) is 9.03. The van der Waals surface area contributed by atoms with Crippen LogP contribution in [0.25, 0.3) is 6.08 Å². The topological polar surface area (TPSA) is 64.4 Å². The maximum absolute atomic E-state index is 5.67. The molecular weight excluding hydrogens is 186 g/mol.